The lowest BCUT2D eigenvalue weighted by molar-refractivity contribution is 0.0983. The Kier molecular flexibility index (Phi) is 3.11. The van der Waals surface area contributed by atoms with Crippen molar-refractivity contribution in [3.8, 4) is 0 Å². The Morgan fingerprint density at radius 2 is 2.26 bits per heavy atom. The fourth-order valence-corrected chi connectivity index (χ4v) is 2.48. The van der Waals surface area contributed by atoms with Crippen molar-refractivity contribution in [2.45, 2.75) is 25.2 Å². The Labute approximate surface area is 112 Å². The molecule has 1 aromatic heterocycles. The molecule has 0 bridgehead atoms. The highest BCUT2D eigenvalue weighted by Gasteiger charge is 2.28. The Morgan fingerprint density at radius 3 is 2.95 bits per heavy atom. The van der Waals surface area contributed by atoms with E-state index in [0.29, 0.717) is 18.9 Å². The van der Waals surface area contributed by atoms with E-state index in [0.717, 1.165) is 22.4 Å². The summed E-state index contributed by atoms with van der Waals surface area (Å²) in [5.74, 6) is 1.96. The standard InChI is InChI=1S/C15H19N3O/c1-16-8-7-14(19)11-5-6-13-12(9-11)17-15(18(13)2)10-3-4-10/h5-6,9-10,16H,3-4,7-8H2,1-2H3. The Bertz CT molecular complexity index is 626. The summed E-state index contributed by atoms with van der Waals surface area (Å²) < 4.78 is 2.16. The number of nitrogens with zero attached hydrogens (tertiary/aromatic N) is 2. The van der Waals surface area contributed by atoms with E-state index in [-0.39, 0.29) is 5.78 Å². The molecule has 1 aromatic carbocycles. The molecule has 2 aromatic rings. The van der Waals surface area contributed by atoms with Gasteiger partial charge in [-0.25, -0.2) is 4.98 Å². The number of carbonyl (C=O) groups is 1. The summed E-state index contributed by atoms with van der Waals surface area (Å²) >= 11 is 0. The lowest BCUT2D eigenvalue weighted by atomic mass is 10.1. The van der Waals surface area contributed by atoms with E-state index in [2.05, 4.69) is 16.9 Å². The molecule has 0 amide bonds. The van der Waals surface area contributed by atoms with Crippen LogP contribution in [0.15, 0.2) is 18.2 Å². The molecule has 0 radical (unpaired) electrons. The smallest absolute Gasteiger partial charge is 0.164 e. The zero-order valence-electron chi connectivity index (χ0n) is 11.4. The van der Waals surface area contributed by atoms with Crippen LogP contribution in [0, 0.1) is 0 Å². The van der Waals surface area contributed by atoms with E-state index >= 15 is 0 Å². The van der Waals surface area contributed by atoms with Gasteiger partial charge in [-0.05, 0) is 38.1 Å². The highest BCUT2D eigenvalue weighted by molar-refractivity contribution is 5.99. The van der Waals surface area contributed by atoms with E-state index in [1.165, 1.54) is 12.8 Å². The minimum atomic E-state index is 0.176. The van der Waals surface area contributed by atoms with Crippen LogP contribution in [-0.4, -0.2) is 28.9 Å². The van der Waals surface area contributed by atoms with Crippen molar-refractivity contribution in [2.24, 2.45) is 7.05 Å². The average molecular weight is 257 g/mol. The van der Waals surface area contributed by atoms with Gasteiger partial charge in [-0.1, -0.05) is 0 Å². The Hall–Kier alpha value is -1.68. The van der Waals surface area contributed by atoms with Crippen molar-refractivity contribution in [3.63, 3.8) is 0 Å². The largest absolute Gasteiger partial charge is 0.331 e. The van der Waals surface area contributed by atoms with E-state index < -0.39 is 0 Å². The van der Waals surface area contributed by atoms with Crippen LogP contribution in [0.25, 0.3) is 11.0 Å². The number of aryl methyl sites for hydroxylation is 1. The third-order valence-electron chi connectivity index (χ3n) is 3.78. The Balaban J connectivity index is 1.94. The molecular formula is C15H19N3O. The molecule has 4 heteroatoms. The summed E-state index contributed by atoms with van der Waals surface area (Å²) in [5.41, 5.74) is 2.83. The third-order valence-corrected chi connectivity index (χ3v) is 3.78. The molecule has 100 valence electrons. The molecular weight excluding hydrogens is 238 g/mol. The van der Waals surface area contributed by atoms with Crippen LogP contribution >= 0.6 is 0 Å². The summed E-state index contributed by atoms with van der Waals surface area (Å²) in [5, 5.41) is 3.00. The highest BCUT2D eigenvalue weighted by atomic mass is 16.1. The number of fused-ring (bicyclic) bond motifs is 1. The van der Waals surface area contributed by atoms with Gasteiger partial charge in [0.25, 0.3) is 0 Å². The summed E-state index contributed by atoms with van der Waals surface area (Å²) in [6, 6.07) is 5.86. The van der Waals surface area contributed by atoms with E-state index in [4.69, 9.17) is 4.98 Å². The topological polar surface area (TPSA) is 46.9 Å². The van der Waals surface area contributed by atoms with Crippen LogP contribution < -0.4 is 5.32 Å². The van der Waals surface area contributed by atoms with Crippen molar-refractivity contribution in [3.05, 3.63) is 29.6 Å². The van der Waals surface area contributed by atoms with Gasteiger partial charge in [-0.15, -0.1) is 0 Å². The van der Waals surface area contributed by atoms with Crippen molar-refractivity contribution < 1.29 is 4.79 Å². The number of carbonyl (C=O) groups excluding carboxylic acids is 1. The van der Waals surface area contributed by atoms with Crippen LogP contribution in [0.2, 0.25) is 0 Å². The maximum absolute atomic E-state index is 12.0. The molecule has 1 aliphatic rings. The number of hydrogen-bond acceptors (Lipinski definition) is 3. The monoisotopic (exact) mass is 257 g/mol. The summed E-state index contributed by atoms with van der Waals surface area (Å²) in [4.78, 5) is 16.7. The minimum Gasteiger partial charge on any atom is -0.331 e. The first-order valence-corrected chi connectivity index (χ1v) is 6.85. The van der Waals surface area contributed by atoms with Gasteiger partial charge in [0.15, 0.2) is 5.78 Å². The zero-order chi connectivity index (χ0) is 13.4. The molecule has 0 aliphatic heterocycles. The molecule has 0 saturated heterocycles. The van der Waals surface area contributed by atoms with Crippen LogP contribution in [0.5, 0.6) is 0 Å². The predicted molar refractivity (Wildman–Crippen MR) is 75.6 cm³/mol. The van der Waals surface area contributed by atoms with Gasteiger partial charge in [0.2, 0.25) is 0 Å². The van der Waals surface area contributed by atoms with E-state index in [1.807, 2.05) is 25.2 Å². The molecule has 1 aliphatic carbocycles. The predicted octanol–water partition coefficient (Wildman–Crippen LogP) is 2.24. The molecule has 1 N–H and O–H groups in total. The summed E-state index contributed by atoms with van der Waals surface area (Å²) in [7, 11) is 3.92. The van der Waals surface area contributed by atoms with Crippen molar-refractivity contribution in [1.29, 1.82) is 0 Å². The second-order valence-corrected chi connectivity index (χ2v) is 5.28. The molecule has 1 fully saturated rings. The van der Waals surface area contributed by atoms with Crippen molar-refractivity contribution >= 4 is 16.8 Å². The molecule has 0 atom stereocenters. The van der Waals surface area contributed by atoms with Gasteiger partial charge in [0.1, 0.15) is 5.82 Å². The quantitative estimate of drug-likeness (QED) is 0.836. The first kappa shape index (κ1) is 12.4. The molecule has 4 nitrogen and oxygen atoms in total. The van der Waals surface area contributed by atoms with Crippen LogP contribution in [0.3, 0.4) is 0 Å². The fourth-order valence-electron chi connectivity index (χ4n) is 2.48. The average Bonchev–Trinajstić information content (AvgIpc) is 3.21. The zero-order valence-corrected chi connectivity index (χ0v) is 11.4. The van der Waals surface area contributed by atoms with Crippen molar-refractivity contribution in [1.82, 2.24) is 14.9 Å². The number of nitrogens with one attached hydrogen (secondary N) is 1. The third kappa shape index (κ3) is 2.28. The summed E-state index contributed by atoms with van der Waals surface area (Å²) in [6.45, 7) is 0.715. The second-order valence-electron chi connectivity index (χ2n) is 5.28. The number of benzene rings is 1. The van der Waals surface area contributed by atoms with Gasteiger partial charge in [0.05, 0.1) is 11.0 Å². The number of aromatic nitrogens is 2. The number of ketones is 1. The van der Waals surface area contributed by atoms with Crippen LogP contribution in [0.1, 0.15) is 41.4 Å². The molecule has 19 heavy (non-hydrogen) atoms. The van der Waals surface area contributed by atoms with Gasteiger partial charge >= 0.3 is 0 Å². The summed E-state index contributed by atoms with van der Waals surface area (Å²) in [6.07, 6.45) is 3.01. The fraction of sp³-hybridized carbons (Fsp3) is 0.467. The number of Topliss-reactive ketones (excluding diaryl/α,β-unsaturated/α-hetero) is 1. The SMILES string of the molecule is CNCCC(=O)c1ccc2c(c1)nc(C1CC1)n2C. The van der Waals surface area contributed by atoms with Gasteiger partial charge in [-0.2, -0.15) is 0 Å². The molecule has 0 spiro atoms. The number of imidazole rings is 1. The highest BCUT2D eigenvalue weighted by Crippen LogP contribution is 2.40. The maximum atomic E-state index is 12.0. The molecule has 3 rings (SSSR count). The lowest BCUT2D eigenvalue weighted by Crippen LogP contribution is -2.12. The van der Waals surface area contributed by atoms with Gasteiger partial charge < -0.3 is 9.88 Å². The first-order valence-electron chi connectivity index (χ1n) is 6.85. The lowest BCUT2D eigenvalue weighted by Gasteiger charge is -2.02. The number of hydrogen-bond donors (Lipinski definition) is 1. The first-order chi connectivity index (χ1) is 9.20. The molecule has 0 unspecified atom stereocenters. The normalized spacial score (nSPS) is 15.1. The minimum absolute atomic E-state index is 0.176. The van der Waals surface area contributed by atoms with Gasteiger partial charge in [-0.3, -0.25) is 4.79 Å². The van der Waals surface area contributed by atoms with Crippen LogP contribution in [0.4, 0.5) is 0 Å². The maximum Gasteiger partial charge on any atom is 0.164 e. The van der Waals surface area contributed by atoms with E-state index in [1.54, 1.807) is 0 Å². The Morgan fingerprint density at radius 1 is 1.47 bits per heavy atom. The van der Waals surface area contributed by atoms with Crippen LogP contribution in [-0.2, 0) is 7.05 Å². The molecule has 1 heterocycles. The number of rotatable bonds is 5. The van der Waals surface area contributed by atoms with Gasteiger partial charge in [0, 0.05) is 31.5 Å². The second kappa shape index (κ2) is 4.78. The van der Waals surface area contributed by atoms with E-state index in [9.17, 15) is 4.79 Å². The van der Waals surface area contributed by atoms with Crippen molar-refractivity contribution in [2.75, 3.05) is 13.6 Å². The molecule has 1 saturated carbocycles.